The largest absolute Gasteiger partial charge is 0.374 e. The summed E-state index contributed by atoms with van der Waals surface area (Å²) >= 11 is 0. The van der Waals surface area contributed by atoms with E-state index in [1.165, 1.54) is 0 Å². The second kappa shape index (κ2) is 5.08. The zero-order valence-corrected chi connectivity index (χ0v) is 10.9. The molecule has 2 rings (SSSR count). The summed E-state index contributed by atoms with van der Waals surface area (Å²) in [6, 6.07) is 3.47. The molecule has 2 aromatic heterocycles. The Bertz CT molecular complexity index is 585. The molecule has 5 nitrogen and oxygen atoms in total. The highest BCUT2D eigenvalue weighted by Crippen LogP contribution is 2.16. The molecule has 2 aromatic rings. The lowest BCUT2D eigenvalue weighted by Gasteiger charge is -2.15. The fraction of sp³-hybridized carbons (Fsp3) is 0.385. The van der Waals surface area contributed by atoms with Gasteiger partial charge in [0, 0.05) is 38.2 Å². The monoisotopic (exact) mass is 246 g/mol. The van der Waals surface area contributed by atoms with E-state index in [1.807, 2.05) is 37.9 Å². The van der Waals surface area contributed by atoms with Crippen LogP contribution in [0.2, 0.25) is 0 Å². The van der Waals surface area contributed by atoms with Gasteiger partial charge in [-0.15, -0.1) is 0 Å². The second-order valence-corrected chi connectivity index (χ2v) is 4.30. The van der Waals surface area contributed by atoms with Crippen LogP contribution in [-0.4, -0.2) is 14.1 Å². The molecule has 0 aromatic carbocycles. The van der Waals surface area contributed by atoms with Crippen LogP contribution in [0.3, 0.4) is 0 Å². The second-order valence-electron chi connectivity index (χ2n) is 4.30. The SMILES string of the molecule is CCn1cc(NC(C)c2nccn2C)ccc1=O. The van der Waals surface area contributed by atoms with Gasteiger partial charge in [-0.1, -0.05) is 0 Å². The van der Waals surface area contributed by atoms with Crippen LogP contribution in [-0.2, 0) is 13.6 Å². The van der Waals surface area contributed by atoms with Gasteiger partial charge in [0.2, 0.25) is 0 Å². The smallest absolute Gasteiger partial charge is 0.250 e. The summed E-state index contributed by atoms with van der Waals surface area (Å²) in [6.45, 7) is 4.67. The van der Waals surface area contributed by atoms with Gasteiger partial charge in [-0.25, -0.2) is 4.98 Å². The van der Waals surface area contributed by atoms with Crippen LogP contribution in [0.25, 0.3) is 0 Å². The van der Waals surface area contributed by atoms with Crippen molar-refractivity contribution in [2.75, 3.05) is 5.32 Å². The minimum atomic E-state index is 0.0210. The number of nitrogens with zero attached hydrogens (tertiary/aromatic N) is 3. The molecule has 1 N–H and O–H groups in total. The average molecular weight is 246 g/mol. The molecule has 0 saturated heterocycles. The number of pyridine rings is 1. The Balaban J connectivity index is 2.19. The lowest BCUT2D eigenvalue weighted by molar-refractivity contribution is 0.707. The molecule has 0 spiro atoms. The molecule has 0 aliphatic carbocycles. The van der Waals surface area contributed by atoms with Crippen LogP contribution in [0.1, 0.15) is 25.7 Å². The third-order valence-corrected chi connectivity index (χ3v) is 2.95. The van der Waals surface area contributed by atoms with Crippen LogP contribution < -0.4 is 10.9 Å². The van der Waals surface area contributed by atoms with Crippen molar-refractivity contribution in [3.63, 3.8) is 0 Å². The molecule has 96 valence electrons. The van der Waals surface area contributed by atoms with Crippen molar-refractivity contribution in [1.82, 2.24) is 14.1 Å². The quantitative estimate of drug-likeness (QED) is 0.894. The van der Waals surface area contributed by atoms with Gasteiger partial charge in [-0.2, -0.15) is 0 Å². The molecule has 2 heterocycles. The lowest BCUT2D eigenvalue weighted by atomic mass is 10.3. The number of aromatic nitrogens is 3. The fourth-order valence-corrected chi connectivity index (χ4v) is 1.97. The maximum absolute atomic E-state index is 11.5. The zero-order chi connectivity index (χ0) is 13.1. The van der Waals surface area contributed by atoms with E-state index >= 15 is 0 Å². The summed E-state index contributed by atoms with van der Waals surface area (Å²) in [7, 11) is 1.97. The van der Waals surface area contributed by atoms with Gasteiger partial charge in [0.1, 0.15) is 5.82 Å². The number of hydrogen-bond donors (Lipinski definition) is 1. The third kappa shape index (κ3) is 2.45. The van der Waals surface area contributed by atoms with Crippen LogP contribution >= 0.6 is 0 Å². The van der Waals surface area contributed by atoms with Crippen LogP contribution in [0, 0.1) is 0 Å². The normalized spacial score (nSPS) is 12.4. The van der Waals surface area contributed by atoms with Crippen LogP contribution in [0.4, 0.5) is 5.69 Å². The van der Waals surface area contributed by atoms with E-state index in [4.69, 9.17) is 0 Å². The highest BCUT2D eigenvalue weighted by molar-refractivity contribution is 5.41. The Hall–Kier alpha value is -2.04. The number of nitrogens with one attached hydrogen (secondary N) is 1. The Morgan fingerprint density at radius 1 is 1.44 bits per heavy atom. The maximum atomic E-state index is 11.5. The van der Waals surface area contributed by atoms with Crippen molar-refractivity contribution in [3.05, 3.63) is 46.9 Å². The van der Waals surface area contributed by atoms with Crippen LogP contribution in [0.15, 0.2) is 35.5 Å². The molecule has 0 saturated carbocycles. The molecule has 0 bridgehead atoms. The Labute approximate surface area is 106 Å². The van der Waals surface area contributed by atoms with Crippen molar-refractivity contribution in [2.24, 2.45) is 7.05 Å². The Morgan fingerprint density at radius 3 is 2.83 bits per heavy atom. The highest BCUT2D eigenvalue weighted by Gasteiger charge is 2.10. The van der Waals surface area contributed by atoms with Crippen molar-refractivity contribution in [3.8, 4) is 0 Å². The van der Waals surface area contributed by atoms with Crippen molar-refractivity contribution < 1.29 is 0 Å². The van der Waals surface area contributed by atoms with E-state index in [0.717, 1.165) is 11.5 Å². The lowest BCUT2D eigenvalue weighted by Crippen LogP contribution is -2.19. The van der Waals surface area contributed by atoms with E-state index in [0.29, 0.717) is 6.54 Å². The van der Waals surface area contributed by atoms with E-state index in [9.17, 15) is 4.79 Å². The van der Waals surface area contributed by atoms with Crippen LogP contribution in [0.5, 0.6) is 0 Å². The van der Waals surface area contributed by atoms with Gasteiger partial charge < -0.3 is 14.5 Å². The van der Waals surface area contributed by atoms with Crippen molar-refractivity contribution in [2.45, 2.75) is 26.4 Å². The molecular formula is C13H18N4O. The summed E-state index contributed by atoms with van der Waals surface area (Å²) in [5.41, 5.74) is 0.944. The third-order valence-electron chi connectivity index (χ3n) is 2.95. The van der Waals surface area contributed by atoms with E-state index in [2.05, 4.69) is 10.3 Å². The molecule has 0 aliphatic heterocycles. The first-order valence-corrected chi connectivity index (χ1v) is 6.06. The minimum Gasteiger partial charge on any atom is -0.374 e. The molecule has 1 unspecified atom stereocenters. The predicted molar refractivity (Wildman–Crippen MR) is 71.6 cm³/mol. The standard InChI is InChI=1S/C13H18N4O/c1-4-17-9-11(5-6-12(17)18)15-10(2)13-14-7-8-16(13)3/h5-10,15H,4H2,1-3H3. The van der Waals surface area contributed by atoms with Crippen molar-refractivity contribution >= 4 is 5.69 Å². The van der Waals surface area contributed by atoms with Crippen molar-refractivity contribution in [1.29, 1.82) is 0 Å². The summed E-state index contributed by atoms with van der Waals surface area (Å²) in [5, 5.41) is 3.34. The summed E-state index contributed by atoms with van der Waals surface area (Å²) in [4.78, 5) is 15.8. The summed E-state index contributed by atoms with van der Waals surface area (Å²) in [6.07, 6.45) is 5.53. The predicted octanol–water partition coefficient (Wildman–Crippen LogP) is 1.77. The Morgan fingerprint density at radius 2 is 2.22 bits per heavy atom. The van der Waals surface area contributed by atoms with E-state index in [1.54, 1.807) is 22.9 Å². The van der Waals surface area contributed by atoms with Gasteiger partial charge in [-0.3, -0.25) is 4.79 Å². The van der Waals surface area contributed by atoms with E-state index in [-0.39, 0.29) is 11.6 Å². The molecule has 0 aliphatic rings. The van der Waals surface area contributed by atoms with Gasteiger partial charge >= 0.3 is 0 Å². The summed E-state index contributed by atoms with van der Waals surface area (Å²) in [5.74, 6) is 0.962. The molecule has 0 amide bonds. The zero-order valence-electron chi connectivity index (χ0n) is 10.9. The number of hydrogen-bond acceptors (Lipinski definition) is 3. The number of imidazole rings is 1. The molecular weight excluding hydrogens is 228 g/mol. The molecule has 5 heteroatoms. The molecule has 1 atom stereocenters. The van der Waals surface area contributed by atoms with Gasteiger partial charge in [-0.05, 0) is 19.9 Å². The molecule has 18 heavy (non-hydrogen) atoms. The van der Waals surface area contributed by atoms with Gasteiger partial charge in [0.25, 0.3) is 5.56 Å². The van der Waals surface area contributed by atoms with E-state index < -0.39 is 0 Å². The minimum absolute atomic E-state index is 0.0210. The molecule has 0 fully saturated rings. The highest BCUT2D eigenvalue weighted by atomic mass is 16.1. The maximum Gasteiger partial charge on any atom is 0.250 e. The number of aryl methyl sites for hydroxylation is 2. The van der Waals surface area contributed by atoms with Gasteiger partial charge in [0.15, 0.2) is 0 Å². The first-order valence-electron chi connectivity index (χ1n) is 6.06. The Kier molecular flexibility index (Phi) is 3.50. The topological polar surface area (TPSA) is 51.9 Å². The fourth-order valence-electron chi connectivity index (χ4n) is 1.97. The first-order chi connectivity index (χ1) is 8.61. The summed E-state index contributed by atoms with van der Waals surface area (Å²) < 4.78 is 3.65. The van der Waals surface area contributed by atoms with Gasteiger partial charge in [0.05, 0.1) is 11.7 Å². The number of rotatable bonds is 4. The molecule has 0 radical (unpaired) electrons. The number of anilines is 1. The average Bonchev–Trinajstić information content (AvgIpc) is 2.78. The first kappa shape index (κ1) is 12.4.